The first-order valence-corrected chi connectivity index (χ1v) is 10.7. The molecule has 0 aliphatic carbocycles. The molecule has 32 heavy (non-hydrogen) atoms. The van der Waals surface area contributed by atoms with E-state index in [4.69, 9.17) is 9.72 Å². The molecule has 7 heteroatoms. The molecule has 0 radical (unpaired) electrons. The van der Waals surface area contributed by atoms with Gasteiger partial charge in [0.25, 0.3) is 11.5 Å². The third-order valence-corrected chi connectivity index (χ3v) is 6.03. The van der Waals surface area contributed by atoms with Gasteiger partial charge in [0.1, 0.15) is 11.6 Å². The predicted octanol–water partition coefficient (Wildman–Crippen LogP) is 4.67. The van der Waals surface area contributed by atoms with Crippen molar-refractivity contribution in [3.05, 3.63) is 92.9 Å². The van der Waals surface area contributed by atoms with Crippen molar-refractivity contribution in [3.8, 4) is 11.4 Å². The highest BCUT2D eigenvalue weighted by Gasteiger charge is 2.30. The minimum atomic E-state index is -0.219. The van der Waals surface area contributed by atoms with Gasteiger partial charge in [0.05, 0.1) is 35.0 Å². The molecule has 0 fully saturated rings. The van der Waals surface area contributed by atoms with Gasteiger partial charge in [-0.05, 0) is 48.5 Å². The molecule has 5 rings (SSSR count). The van der Waals surface area contributed by atoms with Crippen LogP contribution in [0.25, 0.3) is 28.2 Å². The van der Waals surface area contributed by atoms with Gasteiger partial charge in [0.15, 0.2) is 0 Å². The molecule has 0 bridgehead atoms. The highest BCUT2D eigenvalue weighted by atomic mass is 79.9. The summed E-state index contributed by atoms with van der Waals surface area (Å²) in [6.07, 6.45) is 1.68. The third-order valence-electron chi connectivity index (χ3n) is 5.53. The first-order valence-electron chi connectivity index (χ1n) is 9.94. The van der Waals surface area contributed by atoms with Crippen LogP contribution in [-0.2, 0) is 4.79 Å². The zero-order valence-corrected chi connectivity index (χ0v) is 19.0. The third kappa shape index (κ3) is 3.22. The van der Waals surface area contributed by atoms with Crippen LogP contribution in [0.4, 0.5) is 5.69 Å². The number of likely N-dealkylation sites (N-methyl/N-ethyl adjacent to an activating group) is 1. The van der Waals surface area contributed by atoms with Crippen LogP contribution in [0.15, 0.2) is 76.0 Å². The number of amides is 1. The maximum atomic E-state index is 13.5. The van der Waals surface area contributed by atoms with E-state index in [1.54, 1.807) is 43.3 Å². The monoisotopic (exact) mass is 487 g/mol. The highest BCUT2D eigenvalue weighted by molar-refractivity contribution is 9.10. The van der Waals surface area contributed by atoms with Gasteiger partial charge in [-0.3, -0.25) is 14.2 Å². The van der Waals surface area contributed by atoms with Crippen molar-refractivity contribution in [1.82, 2.24) is 9.55 Å². The Morgan fingerprint density at radius 3 is 2.62 bits per heavy atom. The zero-order valence-electron chi connectivity index (χ0n) is 17.4. The molecule has 0 unspecified atom stereocenters. The average Bonchev–Trinajstić information content (AvgIpc) is 3.03. The Hall–Kier alpha value is -3.71. The summed E-state index contributed by atoms with van der Waals surface area (Å²) in [5.41, 5.74) is 3.02. The van der Waals surface area contributed by atoms with Gasteiger partial charge in [-0.25, -0.2) is 4.98 Å². The fourth-order valence-electron chi connectivity index (χ4n) is 3.94. The standard InChI is InChI=1S/C25H18BrN3O3/c1-28-22-11-10-15(26)12-19(22)20(24(28)30)14-23-27-21-9-4-3-8-18(21)25(31)29(23)16-6-5-7-17(13-16)32-2/h3-14H,1-2H3/b20-14+. The lowest BCUT2D eigenvalue weighted by Gasteiger charge is -2.13. The second kappa shape index (κ2) is 7.76. The molecule has 1 aliphatic heterocycles. The van der Waals surface area contributed by atoms with Gasteiger partial charge >= 0.3 is 0 Å². The minimum absolute atomic E-state index is 0.155. The SMILES string of the molecule is COc1cccc(-n2c(/C=C3/C(=O)N(C)c4ccc(Br)cc43)nc3ccccc3c2=O)c1. The Kier molecular flexibility index (Phi) is 4.90. The van der Waals surface area contributed by atoms with Gasteiger partial charge in [0.2, 0.25) is 0 Å². The zero-order chi connectivity index (χ0) is 22.4. The summed E-state index contributed by atoms with van der Waals surface area (Å²) in [6, 6.07) is 20.1. The van der Waals surface area contributed by atoms with Crippen molar-refractivity contribution in [2.24, 2.45) is 0 Å². The Balaban J connectivity index is 1.82. The maximum Gasteiger partial charge on any atom is 0.266 e. The van der Waals surface area contributed by atoms with Crippen LogP contribution in [-0.4, -0.2) is 29.6 Å². The topological polar surface area (TPSA) is 64.4 Å². The van der Waals surface area contributed by atoms with E-state index in [0.29, 0.717) is 33.7 Å². The Morgan fingerprint density at radius 1 is 1.00 bits per heavy atom. The van der Waals surface area contributed by atoms with Crippen molar-refractivity contribution in [2.75, 3.05) is 19.1 Å². The van der Waals surface area contributed by atoms with E-state index in [0.717, 1.165) is 15.7 Å². The lowest BCUT2D eigenvalue weighted by Crippen LogP contribution is -2.23. The van der Waals surface area contributed by atoms with Crippen molar-refractivity contribution in [2.45, 2.75) is 0 Å². The summed E-state index contributed by atoms with van der Waals surface area (Å²) in [5.74, 6) is 0.830. The number of ether oxygens (including phenoxy) is 1. The molecule has 0 saturated carbocycles. The average molecular weight is 488 g/mol. The number of benzene rings is 3. The summed E-state index contributed by atoms with van der Waals surface area (Å²) in [4.78, 5) is 32.9. The molecule has 0 atom stereocenters. The number of rotatable bonds is 3. The number of aromatic nitrogens is 2. The molecule has 158 valence electrons. The van der Waals surface area contributed by atoms with Gasteiger partial charge in [-0.1, -0.05) is 34.1 Å². The fourth-order valence-corrected chi connectivity index (χ4v) is 4.30. The Labute approximate surface area is 192 Å². The smallest absolute Gasteiger partial charge is 0.266 e. The molecule has 1 amide bonds. The van der Waals surface area contributed by atoms with Crippen LogP contribution in [0, 0.1) is 0 Å². The number of nitrogens with zero attached hydrogens (tertiary/aromatic N) is 3. The van der Waals surface area contributed by atoms with E-state index in [9.17, 15) is 9.59 Å². The molecule has 0 spiro atoms. The lowest BCUT2D eigenvalue weighted by molar-refractivity contribution is -0.112. The van der Waals surface area contributed by atoms with E-state index >= 15 is 0 Å². The number of halogens is 1. The quantitative estimate of drug-likeness (QED) is 0.393. The van der Waals surface area contributed by atoms with E-state index < -0.39 is 0 Å². The summed E-state index contributed by atoms with van der Waals surface area (Å²) in [7, 11) is 3.31. The Morgan fingerprint density at radius 2 is 1.81 bits per heavy atom. The highest BCUT2D eigenvalue weighted by Crippen LogP contribution is 2.38. The molecule has 0 saturated heterocycles. The number of carbonyl (C=O) groups excluding carboxylic acids is 1. The molecule has 1 aliphatic rings. The van der Waals surface area contributed by atoms with Crippen LogP contribution >= 0.6 is 15.9 Å². The van der Waals surface area contributed by atoms with Crippen LogP contribution < -0.4 is 15.2 Å². The van der Waals surface area contributed by atoms with Crippen LogP contribution in [0.5, 0.6) is 5.75 Å². The van der Waals surface area contributed by atoms with Crippen LogP contribution in [0.1, 0.15) is 11.4 Å². The molecule has 3 aromatic carbocycles. The van der Waals surface area contributed by atoms with E-state index in [2.05, 4.69) is 15.9 Å². The first-order chi connectivity index (χ1) is 15.5. The number of anilines is 1. The number of carbonyl (C=O) groups is 1. The fraction of sp³-hybridized carbons (Fsp3) is 0.0800. The number of para-hydroxylation sites is 1. The van der Waals surface area contributed by atoms with Gasteiger partial charge in [-0.2, -0.15) is 0 Å². The maximum absolute atomic E-state index is 13.5. The van der Waals surface area contributed by atoms with Crippen LogP contribution in [0.3, 0.4) is 0 Å². The van der Waals surface area contributed by atoms with E-state index in [1.165, 1.54) is 4.57 Å². The lowest BCUT2D eigenvalue weighted by atomic mass is 10.1. The minimum Gasteiger partial charge on any atom is -0.497 e. The molecular formula is C25H18BrN3O3. The molecule has 2 heterocycles. The van der Waals surface area contributed by atoms with Crippen molar-refractivity contribution >= 4 is 50.1 Å². The first kappa shape index (κ1) is 20.2. The van der Waals surface area contributed by atoms with Gasteiger partial charge in [-0.15, -0.1) is 0 Å². The molecule has 4 aromatic rings. The molecule has 6 nitrogen and oxygen atoms in total. The summed E-state index contributed by atoms with van der Waals surface area (Å²) < 4.78 is 7.73. The van der Waals surface area contributed by atoms with Crippen molar-refractivity contribution in [1.29, 1.82) is 0 Å². The molecule has 0 N–H and O–H groups in total. The molecular weight excluding hydrogens is 470 g/mol. The van der Waals surface area contributed by atoms with Crippen molar-refractivity contribution < 1.29 is 9.53 Å². The second-order valence-corrected chi connectivity index (χ2v) is 8.33. The number of fused-ring (bicyclic) bond motifs is 2. The normalized spacial score (nSPS) is 14.3. The number of methoxy groups -OCH3 is 1. The van der Waals surface area contributed by atoms with Crippen molar-refractivity contribution in [3.63, 3.8) is 0 Å². The van der Waals surface area contributed by atoms with Crippen LogP contribution in [0.2, 0.25) is 0 Å². The summed E-state index contributed by atoms with van der Waals surface area (Å²) in [6.45, 7) is 0. The largest absolute Gasteiger partial charge is 0.497 e. The van der Waals surface area contributed by atoms with Gasteiger partial charge < -0.3 is 9.64 Å². The van der Waals surface area contributed by atoms with E-state index in [1.807, 2.05) is 48.5 Å². The van der Waals surface area contributed by atoms with Gasteiger partial charge in [0, 0.05) is 23.2 Å². The Bertz CT molecular complexity index is 1490. The second-order valence-electron chi connectivity index (χ2n) is 7.41. The number of hydrogen-bond acceptors (Lipinski definition) is 4. The summed E-state index contributed by atoms with van der Waals surface area (Å²) >= 11 is 3.49. The van der Waals surface area contributed by atoms with E-state index in [-0.39, 0.29) is 11.5 Å². The predicted molar refractivity (Wildman–Crippen MR) is 129 cm³/mol. The molecule has 1 aromatic heterocycles. The summed E-state index contributed by atoms with van der Waals surface area (Å²) in [5, 5.41) is 0.496. The number of hydrogen-bond donors (Lipinski definition) is 0.